The fraction of sp³-hybridized carbons (Fsp3) is 0.279. The first-order valence-corrected chi connectivity index (χ1v) is 22.6. The zero-order valence-electron chi connectivity index (χ0n) is 35.2. The maximum Gasteiger partial charge on any atom is 0.427 e. The number of carbonyl (C=O) groups is 1. The second-order valence-electron chi connectivity index (χ2n) is 16.3. The van der Waals surface area contributed by atoms with E-state index in [2.05, 4.69) is 65.2 Å². The lowest BCUT2D eigenvalue weighted by molar-refractivity contribution is -0.384. The molecule has 0 saturated carbocycles. The molecule has 0 aliphatic heterocycles. The van der Waals surface area contributed by atoms with Gasteiger partial charge >= 0.3 is 6.09 Å². The van der Waals surface area contributed by atoms with E-state index >= 15 is 0 Å². The van der Waals surface area contributed by atoms with Gasteiger partial charge in [-0.1, -0.05) is 82.3 Å². The van der Waals surface area contributed by atoms with Crippen LogP contribution in [0.5, 0.6) is 5.75 Å². The van der Waals surface area contributed by atoms with E-state index in [-0.39, 0.29) is 63.5 Å². The summed E-state index contributed by atoms with van der Waals surface area (Å²) >= 11 is 0. The Hall–Kier alpha value is -6.77. The fourth-order valence-corrected chi connectivity index (χ4v) is 9.21. The molecule has 0 bridgehead atoms. The molecule has 332 valence electrons. The quantitative estimate of drug-likeness (QED) is 0.0343. The number of benzene rings is 5. The summed E-state index contributed by atoms with van der Waals surface area (Å²) in [6.45, 7) is 10.8. The summed E-state index contributed by atoms with van der Waals surface area (Å²) in [5.74, 6) is 0.119. The van der Waals surface area contributed by atoms with Crippen molar-refractivity contribution in [2.24, 2.45) is 5.41 Å². The van der Waals surface area contributed by atoms with Gasteiger partial charge in [0.1, 0.15) is 22.8 Å². The van der Waals surface area contributed by atoms with Crippen LogP contribution < -0.4 is 25.0 Å². The molecule has 6 aromatic rings. The molecule has 4 N–H and O–H groups in total. The Labute approximate surface area is 365 Å². The standard InChI is InChI=1S/C43H48N8O10S2/c1-42(2,3)28-43(4,5)31-14-21-39(60-23-22-59-27-30-10-7-6-8-11-30)40(24-31)63(57,58)48-34-12-9-13-36(25-34)62(55,56)47-33-17-15-32(16-18-33)44-46-41(52)61-29-50-38-20-19-35(51(53)54)26-37(38)45-49-50/h6-21,24-26,44,47-48H,22-23,27-29H2,1-5H3,(H,46,52). The van der Waals surface area contributed by atoms with Gasteiger partial charge in [-0.2, -0.15) is 0 Å². The predicted molar refractivity (Wildman–Crippen MR) is 237 cm³/mol. The van der Waals surface area contributed by atoms with Crippen molar-refractivity contribution in [3.8, 4) is 5.75 Å². The number of non-ortho nitro benzene ring substituents is 1. The van der Waals surface area contributed by atoms with E-state index in [1.807, 2.05) is 36.4 Å². The molecule has 0 spiro atoms. The molecule has 0 unspecified atom stereocenters. The molecule has 20 heteroatoms. The Morgan fingerprint density at radius 3 is 2.21 bits per heavy atom. The van der Waals surface area contributed by atoms with Crippen LogP contribution in [0.3, 0.4) is 0 Å². The fourth-order valence-electron chi connectivity index (χ4n) is 6.88. The molecule has 0 saturated heterocycles. The van der Waals surface area contributed by atoms with Crippen molar-refractivity contribution in [1.82, 2.24) is 20.4 Å². The molecule has 63 heavy (non-hydrogen) atoms. The number of anilines is 3. The zero-order chi connectivity index (χ0) is 45.4. The van der Waals surface area contributed by atoms with E-state index in [1.165, 1.54) is 71.4 Å². The van der Waals surface area contributed by atoms with Crippen molar-refractivity contribution < 1.29 is 40.8 Å². The largest absolute Gasteiger partial charge is 0.490 e. The number of hydrogen-bond acceptors (Lipinski definition) is 13. The van der Waals surface area contributed by atoms with Crippen molar-refractivity contribution in [1.29, 1.82) is 0 Å². The molecule has 18 nitrogen and oxygen atoms in total. The highest BCUT2D eigenvalue weighted by Crippen LogP contribution is 2.39. The van der Waals surface area contributed by atoms with Crippen LogP contribution in [-0.4, -0.2) is 56.1 Å². The number of nitrogens with zero attached hydrogens (tertiary/aromatic N) is 4. The number of amides is 1. The summed E-state index contributed by atoms with van der Waals surface area (Å²) in [4.78, 5) is 22.5. The lowest BCUT2D eigenvalue weighted by Crippen LogP contribution is -2.30. The Kier molecular flexibility index (Phi) is 13.9. The molecular formula is C43H48N8O10S2. The first kappa shape index (κ1) is 45.7. The number of hydrazine groups is 1. The number of sulfonamides is 2. The summed E-state index contributed by atoms with van der Waals surface area (Å²) in [6.07, 6.45) is -0.118. The molecular weight excluding hydrogens is 853 g/mol. The predicted octanol–water partition coefficient (Wildman–Crippen LogP) is 7.96. The third kappa shape index (κ3) is 12.4. The lowest BCUT2D eigenvalue weighted by Gasteiger charge is -2.33. The molecule has 6 rings (SSSR count). The monoisotopic (exact) mass is 900 g/mol. The van der Waals surface area contributed by atoms with Crippen molar-refractivity contribution in [2.45, 2.75) is 69.6 Å². The van der Waals surface area contributed by atoms with E-state index in [1.54, 1.807) is 12.1 Å². The second kappa shape index (κ2) is 19.1. The SMILES string of the molecule is CC(C)(C)CC(C)(C)c1ccc(OCCOCc2ccccc2)c(S(=O)(=O)Nc2cccc(S(=O)(=O)Nc3ccc(NNC(=O)OCn4nnc5cc([N+](=O)[O-])ccc54)cc3)c2)c1. The summed E-state index contributed by atoms with van der Waals surface area (Å²) < 4.78 is 78.5. The van der Waals surface area contributed by atoms with Crippen molar-refractivity contribution in [3.63, 3.8) is 0 Å². The number of aromatic nitrogens is 3. The molecule has 1 amide bonds. The highest BCUT2D eigenvalue weighted by Gasteiger charge is 2.30. The van der Waals surface area contributed by atoms with Crippen LogP contribution in [0.25, 0.3) is 11.0 Å². The van der Waals surface area contributed by atoms with Crippen molar-refractivity contribution in [2.75, 3.05) is 28.1 Å². The van der Waals surface area contributed by atoms with Crippen LogP contribution in [0.2, 0.25) is 0 Å². The second-order valence-corrected chi connectivity index (χ2v) is 19.6. The summed E-state index contributed by atoms with van der Waals surface area (Å²) in [6, 6.07) is 30.0. The maximum absolute atomic E-state index is 14.2. The van der Waals surface area contributed by atoms with Gasteiger partial charge in [0, 0.05) is 17.8 Å². The molecule has 1 heterocycles. The minimum absolute atomic E-state index is 0.00728. The number of nitro groups is 1. The Morgan fingerprint density at radius 2 is 1.49 bits per heavy atom. The summed E-state index contributed by atoms with van der Waals surface area (Å²) in [5.41, 5.74) is 7.39. The van der Waals surface area contributed by atoms with Gasteiger partial charge in [0.15, 0.2) is 6.73 Å². The van der Waals surface area contributed by atoms with E-state index in [9.17, 15) is 31.7 Å². The van der Waals surface area contributed by atoms with E-state index < -0.39 is 36.5 Å². The van der Waals surface area contributed by atoms with Gasteiger partial charge in [-0.25, -0.2) is 31.7 Å². The van der Waals surface area contributed by atoms with Gasteiger partial charge in [-0.05, 0) is 89.0 Å². The van der Waals surface area contributed by atoms with Crippen LogP contribution >= 0.6 is 0 Å². The van der Waals surface area contributed by atoms with Crippen LogP contribution in [0.1, 0.15) is 52.2 Å². The molecule has 1 aromatic heterocycles. The topological polar surface area (TPSA) is 235 Å². The third-order valence-electron chi connectivity index (χ3n) is 9.45. The van der Waals surface area contributed by atoms with E-state index in [0.717, 1.165) is 17.5 Å². The molecule has 0 fully saturated rings. The molecule has 0 aliphatic carbocycles. The lowest BCUT2D eigenvalue weighted by atomic mass is 9.72. The van der Waals surface area contributed by atoms with Gasteiger partial charge in [0.2, 0.25) is 0 Å². The van der Waals surface area contributed by atoms with Crippen LogP contribution in [0.4, 0.5) is 27.5 Å². The van der Waals surface area contributed by atoms with Gasteiger partial charge in [-0.15, -0.1) is 5.10 Å². The first-order chi connectivity index (χ1) is 29.8. The number of hydrogen-bond donors (Lipinski definition) is 4. The number of ether oxygens (including phenoxy) is 3. The average Bonchev–Trinajstić information content (AvgIpc) is 3.64. The van der Waals surface area contributed by atoms with E-state index in [4.69, 9.17) is 14.2 Å². The number of carbonyl (C=O) groups excluding carboxylic acids is 1. The summed E-state index contributed by atoms with van der Waals surface area (Å²) in [5, 5.41) is 18.7. The van der Waals surface area contributed by atoms with Crippen LogP contribution in [0.15, 0.2) is 125 Å². The molecule has 0 aliphatic rings. The normalized spacial score (nSPS) is 12.1. The Morgan fingerprint density at radius 1 is 0.778 bits per heavy atom. The highest BCUT2D eigenvalue weighted by molar-refractivity contribution is 7.93. The third-order valence-corrected chi connectivity index (χ3v) is 12.2. The number of rotatable bonds is 19. The van der Waals surface area contributed by atoms with Crippen molar-refractivity contribution in [3.05, 3.63) is 137 Å². The smallest absolute Gasteiger partial charge is 0.427 e. The summed E-state index contributed by atoms with van der Waals surface area (Å²) in [7, 11) is -8.54. The van der Waals surface area contributed by atoms with Gasteiger partial charge < -0.3 is 14.2 Å². The van der Waals surface area contributed by atoms with Crippen LogP contribution in [0, 0.1) is 15.5 Å². The van der Waals surface area contributed by atoms with Crippen LogP contribution in [-0.2, 0) is 48.3 Å². The average molecular weight is 901 g/mol. The zero-order valence-corrected chi connectivity index (χ0v) is 36.8. The Balaban J connectivity index is 1.08. The number of nitrogens with one attached hydrogen (secondary N) is 4. The van der Waals surface area contributed by atoms with Gasteiger partial charge in [-0.3, -0.25) is 25.0 Å². The molecule has 5 aromatic carbocycles. The maximum atomic E-state index is 14.2. The van der Waals surface area contributed by atoms with Crippen molar-refractivity contribution >= 4 is 59.9 Å². The minimum atomic E-state index is -4.33. The molecule has 0 atom stereocenters. The Bertz CT molecular complexity index is 2790. The van der Waals surface area contributed by atoms with Gasteiger partial charge in [0.25, 0.3) is 25.7 Å². The van der Waals surface area contributed by atoms with E-state index in [0.29, 0.717) is 17.8 Å². The number of nitro benzene ring substituents is 1. The van der Waals surface area contributed by atoms with Gasteiger partial charge in [0.05, 0.1) is 39.9 Å². The molecule has 0 radical (unpaired) electrons. The number of fused-ring (bicyclic) bond motifs is 1. The minimum Gasteiger partial charge on any atom is -0.490 e. The first-order valence-electron chi connectivity index (χ1n) is 19.6. The highest BCUT2D eigenvalue weighted by atomic mass is 32.2.